The van der Waals surface area contributed by atoms with Crippen molar-refractivity contribution in [2.24, 2.45) is 46.3 Å². The van der Waals surface area contributed by atoms with Gasteiger partial charge in [0.15, 0.2) is 6.29 Å². The minimum Gasteiger partial charge on any atom is -0.353 e. The van der Waals surface area contributed by atoms with E-state index in [0.717, 1.165) is 44.1 Å². The predicted molar refractivity (Wildman–Crippen MR) is 128 cm³/mol. The number of carbonyl (C=O) groups excluding carboxylic acids is 1. The Bertz CT molecular complexity index is 684. The highest BCUT2D eigenvalue weighted by atomic mass is 16.7. The highest BCUT2D eigenvalue weighted by Crippen LogP contribution is 2.67. The fourth-order valence-electron chi connectivity index (χ4n) is 9.68. The number of Topliss-reactive ketones (excluding diaryl/α,β-unsaturated/α-hetero) is 1. The van der Waals surface area contributed by atoms with Gasteiger partial charge in [-0.1, -0.05) is 40.5 Å². The molecule has 32 heavy (non-hydrogen) atoms. The van der Waals surface area contributed by atoms with Crippen LogP contribution in [0.4, 0.5) is 0 Å². The Kier molecular flexibility index (Phi) is 6.55. The van der Waals surface area contributed by atoms with Crippen LogP contribution in [0, 0.1) is 46.3 Å². The molecule has 3 nitrogen and oxygen atoms in total. The van der Waals surface area contributed by atoms with Gasteiger partial charge in [0.05, 0.1) is 6.10 Å². The van der Waals surface area contributed by atoms with Crippen molar-refractivity contribution in [1.29, 1.82) is 0 Å². The van der Waals surface area contributed by atoms with Crippen LogP contribution in [-0.2, 0) is 14.3 Å². The lowest BCUT2D eigenvalue weighted by Gasteiger charge is -2.60. The summed E-state index contributed by atoms with van der Waals surface area (Å²) >= 11 is 0. The maximum Gasteiger partial charge on any atom is 0.157 e. The normalized spacial score (nSPS) is 49.8. The maximum atomic E-state index is 13.7. The Morgan fingerprint density at radius 1 is 1.03 bits per heavy atom. The molecule has 4 aliphatic carbocycles. The molecule has 1 heterocycles. The second kappa shape index (κ2) is 8.99. The zero-order valence-corrected chi connectivity index (χ0v) is 21.2. The van der Waals surface area contributed by atoms with Gasteiger partial charge in [0.2, 0.25) is 0 Å². The van der Waals surface area contributed by atoms with E-state index in [2.05, 4.69) is 27.7 Å². The third-order valence-electron chi connectivity index (χ3n) is 11.4. The van der Waals surface area contributed by atoms with Gasteiger partial charge < -0.3 is 9.47 Å². The Morgan fingerprint density at radius 2 is 1.81 bits per heavy atom. The van der Waals surface area contributed by atoms with Crippen LogP contribution in [0.15, 0.2) is 0 Å². The zero-order chi connectivity index (χ0) is 22.5. The molecule has 5 fully saturated rings. The first-order chi connectivity index (χ1) is 15.4. The highest BCUT2D eigenvalue weighted by Gasteiger charge is 2.63. The largest absolute Gasteiger partial charge is 0.353 e. The molecule has 0 radical (unpaired) electrons. The van der Waals surface area contributed by atoms with E-state index in [4.69, 9.17) is 9.47 Å². The molecule has 182 valence electrons. The van der Waals surface area contributed by atoms with Gasteiger partial charge in [0.1, 0.15) is 5.78 Å². The summed E-state index contributed by atoms with van der Waals surface area (Å²) in [5.41, 5.74) is 0.730. The summed E-state index contributed by atoms with van der Waals surface area (Å²) in [6.45, 7) is 10.8. The van der Waals surface area contributed by atoms with E-state index < -0.39 is 0 Å². The van der Waals surface area contributed by atoms with Crippen molar-refractivity contribution in [3.8, 4) is 0 Å². The fraction of sp³-hybridized carbons (Fsp3) is 0.966. The molecule has 3 heteroatoms. The van der Waals surface area contributed by atoms with Crippen LogP contribution in [0.5, 0.6) is 0 Å². The number of hydrogen-bond acceptors (Lipinski definition) is 3. The van der Waals surface area contributed by atoms with Gasteiger partial charge in [-0.15, -0.1) is 0 Å². The third-order valence-corrected chi connectivity index (χ3v) is 11.4. The van der Waals surface area contributed by atoms with Crippen molar-refractivity contribution in [2.45, 2.75) is 124 Å². The van der Waals surface area contributed by atoms with Crippen LogP contribution in [0.25, 0.3) is 0 Å². The first-order valence-electron chi connectivity index (χ1n) is 14.2. The first-order valence-corrected chi connectivity index (χ1v) is 14.2. The average molecular weight is 445 g/mol. The maximum absolute atomic E-state index is 13.7. The molecule has 4 saturated carbocycles. The second-order valence-corrected chi connectivity index (χ2v) is 12.9. The summed E-state index contributed by atoms with van der Waals surface area (Å²) in [6.07, 6.45) is 15.9. The summed E-state index contributed by atoms with van der Waals surface area (Å²) in [4.78, 5) is 13.7. The van der Waals surface area contributed by atoms with E-state index in [9.17, 15) is 4.79 Å². The van der Waals surface area contributed by atoms with Gasteiger partial charge in [0, 0.05) is 18.9 Å². The number of ether oxygens (including phenoxy) is 2. The average Bonchev–Trinajstić information content (AvgIpc) is 3.13. The molecule has 5 rings (SSSR count). The minimum atomic E-state index is 0.000989. The lowest BCUT2D eigenvalue weighted by Crippen LogP contribution is -2.57. The van der Waals surface area contributed by atoms with E-state index in [1.165, 1.54) is 57.8 Å². The van der Waals surface area contributed by atoms with Crippen LogP contribution in [0.3, 0.4) is 0 Å². The molecule has 0 aromatic rings. The number of rotatable bonds is 5. The molecule has 0 amide bonds. The third kappa shape index (κ3) is 3.82. The molecule has 2 unspecified atom stereocenters. The molecule has 0 aromatic carbocycles. The van der Waals surface area contributed by atoms with Crippen LogP contribution < -0.4 is 0 Å². The first kappa shape index (κ1) is 23.3. The second-order valence-electron chi connectivity index (χ2n) is 12.9. The van der Waals surface area contributed by atoms with Crippen molar-refractivity contribution in [3.63, 3.8) is 0 Å². The monoisotopic (exact) mass is 444 g/mol. The van der Waals surface area contributed by atoms with Crippen molar-refractivity contribution in [2.75, 3.05) is 6.61 Å². The molecule has 1 aliphatic heterocycles. The molecule has 1 saturated heterocycles. The topological polar surface area (TPSA) is 35.5 Å². The van der Waals surface area contributed by atoms with Crippen molar-refractivity contribution in [3.05, 3.63) is 0 Å². The van der Waals surface area contributed by atoms with Gasteiger partial charge in [-0.25, -0.2) is 0 Å². The summed E-state index contributed by atoms with van der Waals surface area (Å²) in [7, 11) is 0. The standard InChI is InChI=1S/C29H48O3/c1-5-8-19(2)22-10-11-23-27-24(13-15-29(22,23)4)28(3)14-12-21(17-20(28)18-25(27)30)32-26-9-6-7-16-31-26/h19-24,26-27H,5-18H2,1-4H3/t19-,20-,21?,22-,23+,24+,26?,27+,28+,29-/m1/s1. The van der Waals surface area contributed by atoms with Crippen LogP contribution in [0.2, 0.25) is 0 Å². The van der Waals surface area contributed by atoms with Gasteiger partial charge in [-0.2, -0.15) is 0 Å². The Labute approximate surface area is 196 Å². The predicted octanol–water partition coefficient (Wildman–Crippen LogP) is 7.17. The van der Waals surface area contributed by atoms with Crippen LogP contribution in [0.1, 0.15) is 111 Å². The number of ketones is 1. The highest BCUT2D eigenvalue weighted by molar-refractivity contribution is 5.83. The van der Waals surface area contributed by atoms with Crippen molar-refractivity contribution in [1.82, 2.24) is 0 Å². The van der Waals surface area contributed by atoms with E-state index in [1.807, 2.05) is 0 Å². The van der Waals surface area contributed by atoms with Gasteiger partial charge in [0.25, 0.3) is 0 Å². The summed E-state index contributed by atoms with van der Waals surface area (Å²) in [6, 6.07) is 0. The number of fused-ring (bicyclic) bond motifs is 5. The Balaban J connectivity index is 1.30. The summed E-state index contributed by atoms with van der Waals surface area (Å²) in [5, 5.41) is 0. The van der Waals surface area contributed by atoms with Crippen LogP contribution in [-0.4, -0.2) is 24.8 Å². The van der Waals surface area contributed by atoms with E-state index >= 15 is 0 Å². The van der Waals surface area contributed by atoms with Crippen LogP contribution >= 0.6 is 0 Å². The number of hydrogen-bond donors (Lipinski definition) is 0. The lowest BCUT2D eigenvalue weighted by atomic mass is 9.44. The molecular formula is C29H48O3. The molecule has 0 aromatic heterocycles. The fourth-order valence-corrected chi connectivity index (χ4v) is 9.68. The SMILES string of the molecule is CCC[C@@H](C)[C@H]1CC[C@H]2[C@@H]3C(=O)C[C@H]4CC(OC5CCCCO5)CC[C@]4(C)[C@H]3CC[C@]12C. The van der Waals surface area contributed by atoms with E-state index in [1.54, 1.807) is 0 Å². The lowest BCUT2D eigenvalue weighted by molar-refractivity contribution is -0.211. The smallest absolute Gasteiger partial charge is 0.157 e. The quantitative estimate of drug-likeness (QED) is 0.422. The minimum absolute atomic E-state index is 0.000989. The molecule has 0 spiro atoms. The van der Waals surface area contributed by atoms with Gasteiger partial charge >= 0.3 is 0 Å². The van der Waals surface area contributed by atoms with Crippen molar-refractivity contribution >= 4 is 5.78 Å². The van der Waals surface area contributed by atoms with E-state index in [-0.39, 0.29) is 6.29 Å². The summed E-state index contributed by atoms with van der Waals surface area (Å²) in [5.74, 6) is 4.35. The van der Waals surface area contributed by atoms with E-state index in [0.29, 0.717) is 46.4 Å². The Morgan fingerprint density at radius 3 is 2.56 bits per heavy atom. The molecule has 10 atom stereocenters. The van der Waals surface area contributed by atoms with Gasteiger partial charge in [-0.3, -0.25) is 4.79 Å². The zero-order valence-electron chi connectivity index (χ0n) is 21.2. The number of carbonyl (C=O) groups is 1. The molecular weight excluding hydrogens is 396 g/mol. The molecule has 5 aliphatic rings. The van der Waals surface area contributed by atoms with Gasteiger partial charge in [-0.05, 0) is 105 Å². The molecule has 0 N–H and O–H groups in total. The molecule has 0 bridgehead atoms. The van der Waals surface area contributed by atoms with Crippen molar-refractivity contribution < 1.29 is 14.3 Å². The summed E-state index contributed by atoms with van der Waals surface area (Å²) < 4.78 is 12.3. The Hall–Kier alpha value is -0.410.